The summed E-state index contributed by atoms with van der Waals surface area (Å²) in [5, 5.41) is 20.9. The van der Waals surface area contributed by atoms with Crippen LogP contribution in [0.4, 0.5) is 0 Å². The summed E-state index contributed by atoms with van der Waals surface area (Å²) in [6, 6.07) is 0. The molecule has 0 aliphatic heterocycles. The molecule has 0 aromatic heterocycles. The zero-order chi connectivity index (χ0) is 9.61. The van der Waals surface area contributed by atoms with Crippen LogP contribution in [0.5, 0.6) is 0 Å². The fraction of sp³-hybridized carbons (Fsp3) is 1.00. The van der Waals surface area contributed by atoms with E-state index in [1.807, 2.05) is 19.0 Å². The molecule has 74 valence electrons. The van der Waals surface area contributed by atoms with Gasteiger partial charge in [-0.05, 0) is 21.0 Å². The summed E-state index contributed by atoms with van der Waals surface area (Å²) in [6.45, 7) is 3.37. The Hall–Kier alpha value is -0.160. The van der Waals surface area contributed by atoms with Crippen molar-refractivity contribution in [2.75, 3.05) is 40.4 Å². The van der Waals surface area contributed by atoms with E-state index in [0.29, 0.717) is 0 Å². The molecule has 0 heterocycles. The molecule has 4 nitrogen and oxygen atoms in total. The Morgan fingerprint density at radius 2 is 1.75 bits per heavy atom. The fourth-order valence-electron chi connectivity index (χ4n) is 0.743. The Balaban J connectivity index is 3.58. The Labute approximate surface area is 74.2 Å². The first kappa shape index (κ1) is 11.8. The van der Waals surface area contributed by atoms with Crippen molar-refractivity contribution < 1.29 is 10.2 Å². The van der Waals surface area contributed by atoms with E-state index in [0.717, 1.165) is 13.1 Å². The summed E-state index contributed by atoms with van der Waals surface area (Å²) in [4.78, 5) is 2.04. The normalized spacial score (nSPS) is 12.5. The number of nitrogens with zero attached hydrogens (tertiary/aromatic N) is 1. The predicted molar refractivity (Wildman–Crippen MR) is 49.1 cm³/mol. The average Bonchev–Trinajstić information content (AvgIpc) is 2.03. The van der Waals surface area contributed by atoms with Crippen LogP contribution in [0, 0.1) is 0 Å². The molecule has 0 spiro atoms. The maximum absolute atomic E-state index is 8.91. The number of rotatable bonds is 6. The van der Waals surface area contributed by atoms with E-state index < -0.39 is 5.54 Å². The lowest BCUT2D eigenvalue weighted by molar-refractivity contribution is 0.103. The van der Waals surface area contributed by atoms with Crippen molar-refractivity contribution in [3.05, 3.63) is 0 Å². The maximum atomic E-state index is 8.91. The number of aliphatic hydroxyl groups excluding tert-OH is 2. The number of likely N-dealkylation sites (N-methyl/N-ethyl adjacent to an activating group) is 1. The Kier molecular flexibility index (Phi) is 5.41. The third kappa shape index (κ3) is 4.66. The van der Waals surface area contributed by atoms with Crippen LogP contribution in [-0.4, -0.2) is 61.1 Å². The fourth-order valence-corrected chi connectivity index (χ4v) is 0.743. The summed E-state index contributed by atoms with van der Waals surface area (Å²) >= 11 is 0. The van der Waals surface area contributed by atoms with E-state index >= 15 is 0 Å². The van der Waals surface area contributed by atoms with Crippen LogP contribution in [-0.2, 0) is 0 Å². The largest absolute Gasteiger partial charge is 0.394 e. The van der Waals surface area contributed by atoms with Crippen LogP contribution < -0.4 is 5.32 Å². The Morgan fingerprint density at radius 1 is 1.25 bits per heavy atom. The van der Waals surface area contributed by atoms with Gasteiger partial charge in [0.05, 0.1) is 18.8 Å². The number of aliphatic hydroxyl groups is 2. The molecular formula is C8H20N2O2. The number of nitrogens with one attached hydrogen (secondary N) is 1. The Morgan fingerprint density at radius 3 is 2.08 bits per heavy atom. The minimum Gasteiger partial charge on any atom is -0.394 e. The van der Waals surface area contributed by atoms with Gasteiger partial charge in [-0.3, -0.25) is 0 Å². The first-order valence-corrected chi connectivity index (χ1v) is 4.15. The highest BCUT2D eigenvalue weighted by atomic mass is 16.3. The monoisotopic (exact) mass is 176 g/mol. The lowest BCUT2D eigenvalue weighted by Crippen LogP contribution is -2.50. The molecule has 0 aromatic carbocycles. The maximum Gasteiger partial charge on any atom is 0.0633 e. The summed E-state index contributed by atoms with van der Waals surface area (Å²) < 4.78 is 0. The van der Waals surface area contributed by atoms with E-state index in [2.05, 4.69) is 5.32 Å². The van der Waals surface area contributed by atoms with Gasteiger partial charge in [-0.1, -0.05) is 0 Å². The van der Waals surface area contributed by atoms with Crippen LogP contribution in [0.1, 0.15) is 6.92 Å². The lowest BCUT2D eigenvalue weighted by atomic mass is 10.1. The van der Waals surface area contributed by atoms with Gasteiger partial charge in [0.15, 0.2) is 0 Å². The highest BCUT2D eigenvalue weighted by Gasteiger charge is 2.20. The minimum absolute atomic E-state index is 0.0447. The topological polar surface area (TPSA) is 55.7 Å². The summed E-state index contributed by atoms with van der Waals surface area (Å²) in [6.07, 6.45) is 0. The molecule has 0 saturated heterocycles. The zero-order valence-corrected chi connectivity index (χ0v) is 8.17. The van der Waals surface area contributed by atoms with Crippen molar-refractivity contribution >= 4 is 0 Å². The highest BCUT2D eigenvalue weighted by Crippen LogP contribution is 1.99. The van der Waals surface area contributed by atoms with E-state index in [4.69, 9.17) is 10.2 Å². The molecule has 0 bridgehead atoms. The van der Waals surface area contributed by atoms with Crippen molar-refractivity contribution in [1.82, 2.24) is 10.2 Å². The van der Waals surface area contributed by atoms with Crippen molar-refractivity contribution in [2.45, 2.75) is 12.5 Å². The van der Waals surface area contributed by atoms with Crippen molar-refractivity contribution in [1.29, 1.82) is 0 Å². The van der Waals surface area contributed by atoms with E-state index in [1.54, 1.807) is 6.92 Å². The van der Waals surface area contributed by atoms with Gasteiger partial charge < -0.3 is 20.4 Å². The molecule has 0 radical (unpaired) electrons. The SMILES string of the molecule is CN(C)CCNC(C)(CO)CO. The van der Waals surface area contributed by atoms with Crippen LogP contribution in [0.25, 0.3) is 0 Å². The first-order valence-electron chi connectivity index (χ1n) is 4.15. The molecule has 0 aliphatic carbocycles. The molecular weight excluding hydrogens is 156 g/mol. The van der Waals surface area contributed by atoms with Crippen LogP contribution in [0.15, 0.2) is 0 Å². The molecule has 0 saturated carbocycles. The number of hydrogen-bond donors (Lipinski definition) is 3. The van der Waals surface area contributed by atoms with E-state index in [1.165, 1.54) is 0 Å². The zero-order valence-electron chi connectivity index (χ0n) is 8.17. The molecule has 0 aliphatic rings. The average molecular weight is 176 g/mol. The second kappa shape index (κ2) is 5.48. The highest BCUT2D eigenvalue weighted by molar-refractivity contribution is 4.81. The van der Waals surface area contributed by atoms with Crippen LogP contribution in [0.2, 0.25) is 0 Å². The van der Waals surface area contributed by atoms with Gasteiger partial charge in [0.1, 0.15) is 0 Å². The van der Waals surface area contributed by atoms with Gasteiger partial charge in [0.25, 0.3) is 0 Å². The van der Waals surface area contributed by atoms with Gasteiger partial charge in [-0.2, -0.15) is 0 Å². The molecule has 0 amide bonds. The third-order valence-corrected chi connectivity index (χ3v) is 1.81. The van der Waals surface area contributed by atoms with Gasteiger partial charge in [0.2, 0.25) is 0 Å². The molecule has 0 rings (SSSR count). The Bertz CT molecular complexity index is 114. The molecule has 0 atom stereocenters. The second-order valence-corrected chi connectivity index (χ2v) is 3.61. The molecule has 0 aromatic rings. The van der Waals surface area contributed by atoms with Crippen molar-refractivity contribution in [3.8, 4) is 0 Å². The van der Waals surface area contributed by atoms with Gasteiger partial charge in [-0.25, -0.2) is 0 Å². The lowest BCUT2D eigenvalue weighted by Gasteiger charge is -2.27. The third-order valence-electron chi connectivity index (χ3n) is 1.81. The van der Waals surface area contributed by atoms with E-state index in [-0.39, 0.29) is 13.2 Å². The second-order valence-electron chi connectivity index (χ2n) is 3.61. The molecule has 12 heavy (non-hydrogen) atoms. The number of hydrogen-bond acceptors (Lipinski definition) is 4. The summed E-state index contributed by atoms with van der Waals surface area (Å²) in [5.74, 6) is 0. The van der Waals surface area contributed by atoms with Crippen molar-refractivity contribution in [3.63, 3.8) is 0 Å². The molecule has 3 N–H and O–H groups in total. The quantitative estimate of drug-likeness (QED) is 0.480. The summed E-state index contributed by atoms with van der Waals surface area (Å²) in [5.41, 5.74) is -0.546. The van der Waals surface area contributed by atoms with Gasteiger partial charge in [-0.15, -0.1) is 0 Å². The van der Waals surface area contributed by atoms with Crippen molar-refractivity contribution in [2.24, 2.45) is 0 Å². The van der Waals surface area contributed by atoms with Gasteiger partial charge >= 0.3 is 0 Å². The molecule has 4 heteroatoms. The minimum atomic E-state index is -0.546. The van der Waals surface area contributed by atoms with E-state index in [9.17, 15) is 0 Å². The predicted octanol–water partition coefficient (Wildman–Crippen LogP) is -1.12. The molecule has 0 unspecified atom stereocenters. The first-order chi connectivity index (χ1) is 5.54. The van der Waals surface area contributed by atoms with Crippen LogP contribution in [0.3, 0.4) is 0 Å². The molecule has 0 fully saturated rings. The van der Waals surface area contributed by atoms with Gasteiger partial charge in [0, 0.05) is 13.1 Å². The standard InChI is InChI=1S/C8H20N2O2/c1-8(6-11,7-12)9-4-5-10(2)3/h9,11-12H,4-7H2,1-3H3. The van der Waals surface area contributed by atoms with Crippen LogP contribution >= 0.6 is 0 Å². The summed E-state index contributed by atoms with van der Waals surface area (Å²) in [7, 11) is 3.97. The smallest absolute Gasteiger partial charge is 0.0633 e.